The number of carbonyl (C=O) groups excluding carboxylic acids is 1. The molecule has 1 aliphatic heterocycles. The Morgan fingerprint density at radius 3 is 2.29 bits per heavy atom. The number of aromatic nitrogens is 2. The van der Waals surface area contributed by atoms with Crippen molar-refractivity contribution in [3.8, 4) is 0 Å². The van der Waals surface area contributed by atoms with Crippen molar-refractivity contribution in [2.45, 2.75) is 32.0 Å². The van der Waals surface area contributed by atoms with Gasteiger partial charge in [-0.1, -0.05) is 48.5 Å². The van der Waals surface area contributed by atoms with Gasteiger partial charge in [0.25, 0.3) is 5.91 Å². The second kappa shape index (κ2) is 6.92. The van der Waals surface area contributed by atoms with Gasteiger partial charge in [0.2, 0.25) is 0 Å². The van der Waals surface area contributed by atoms with Crippen LogP contribution in [0.5, 0.6) is 0 Å². The summed E-state index contributed by atoms with van der Waals surface area (Å²) in [6, 6.07) is 19.3. The third-order valence-corrected chi connectivity index (χ3v) is 5.78. The van der Waals surface area contributed by atoms with Gasteiger partial charge in [0.1, 0.15) is 5.82 Å². The van der Waals surface area contributed by atoms with E-state index >= 15 is 0 Å². The maximum absolute atomic E-state index is 13.9. The minimum absolute atomic E-state index is 0.147. The van der Waals surface area contributed by atoms with Crippen molar-refractivity contribution in [2.75, 3.05) is 5.73 Å². The molecule has 156 valence electrons. The molecule has 3 aromatic carbocycles. The monoisotopic (exact) mass is 414 g/mol. The van der Waals surface area contributed by atoms with Gasteiger partial charge in [-0.25, -0.2) is 14.7 Å². The molecule has 1 atom stereocenters. The minimum Gasteiger partial charge on any atom is -0.383 e. The van der Waals surface area contributed by atoms with Crippen LogP contribution >= 0.6 is 0 Å². The molecule has 0 aliphatic carbocycles. The highest BCUT2D eigenvalue weighted by Crippen LogP contribution is 2.39. The summed E-state index contributed by atoms with van der Waals surface area (Å²) in [6.07, 6.45) is 1.33. The summed E-state index contributed by atoms with van der Waals surface area (Å²) in [7, 11) is 0. The normalized spacial score (nSPS) is 18.0. The molecule has 1 unspecified atom stereocenters. The smallest absolute Gasteiger partial charge is 0.351 e. The van der Waals surface area contributed by atoms with Crippen molar-refractivity contribution in [3.63, 3.8) is 0 Å². The second-order valence-corrected chi connectivity index (χ2v) is 8.41. The van der Waals surface area contributed by atoms with Crippen molar-refractivity contribution >= 4 is 33.3 Å². The zero-order valence-electron chi connectivity index (χ0n) is 17.3. The Balaban J connectivity index is 1.63. The number of nitrogen functional groups attached to an aromatic ring is 1. The molecule has 0 spiro atoms. The first-order valence-corrected chi connectivity index (χ1v) is 10.1. The second-order valence-electron chi connectivity index (χ2n) is 8.41. The van der Waals surface area contributed by atoms with Gasteiger partial charge in [0, 0.05) is 12.6 Å². The molecule has 1 saturated heterocycles. The number of hydrogen-bond donors (Lipinski definition) is 1. The number of rotatable bonds is 2. The van der Waals surface area contributed by atoms with Crippen molar-refractivity contribution < 1.29 is 9.63 Å². The van der Waals surface area contributed by atoms with Crippen molar-refractivity contribution in [2.24, 2.45) is 0 Å². The van der Waals surface area contributed by atoms with Gasteiger partial charge in [-0.05, 0) is 47.5 Å². The number of nitrogens with zero attached hydrogens (tertiary/aromatic N) is 3. The van der Waals surface area contributed by atoms with Crippen LogP contribution in [-0.4, -0.2) is 26.1 Å². The van der Waals surface area contributed by atoms with E-state index in [1.807, 2.05) is 62.4 Å². The number of benzene rings is 3. The van der Waals surface area contributed by atoms with Crippen LogP contribution in [0.15, 0.2) is 71.7 Å². The lowest BCUT2D eigenvalue weighted by Crippen LogP contribution is -2.42. The third-order valence-electron chi connectivity index (χ3n) is 5.78. The fourth-order valence-electron chi connectivity index (χ4n) is 4.27. The average molecular weight is 414 g/mol. The maximum atomic E-state index is 13.9. The van der Waals surface area contributed by atoms with E-state index < -0.39 is 17.5 Å². The number of nitrogens with two attached hydrogens (primary N) is 1. The number of carbonyl (C=O) groups is 1. The standard InChI is InChI=1S/C24H22N4O3/c1-24(2)14-20(27-12-11-19(25)26-23(27)30)31-28(24)22(29)21-17-9-5-3-7-15(17)13-16-8-4-6-10-18(16)21/h3-13,20H,14H2,1-2H3,(H2,25,26,30). The van der Waals surface area contributed by atoms with Crippen LogP contribution in [0.2, 0.25) is 0 Å². The Morgan fingerprint density at radius 2 is 1.68 bits per heavy atom. The summed E-state index contributed by atoms with van der Waals surface area (Å²) in [5.41, 5.74) is 5.05. The highest BCUT2D eigenvalue weighted by molar-refractivity contribution is 6.18. The van der Waals surface area contributed by atoms with Crippen LogP contribution in [-0.2, 0) is 4.84 Å². The first-order valence-electron chi connectivity index (χ1n) is 10.1. The molecule has 4 aromatic rings. The quantitative estimate of drug-likeness (QED) is 0.503. The number of amides is 1. The van der Waals surface area contributed by atoms with Crippen molar-refractivity contribution in [1.82, 2.24) is 14.6 Å². The van der Waals surface area contributed by atoms with Gasteiger partial charge in [-0.2, -0.15) is 4.98 Å². The Labute approximate surface area is 178 Å². The first kappa shape index (κ1) is 19.3. The Kier molecular flexibility index (Phi) is 4.30. The van der Waals surface area contributed by atoms with Crippen molar-refractivity contribution in [1.29, 1.82) is 0 Å². The Morgan fingerprint density at radius 1 is 1.06 bits per heavy atom. The lowest BCUT2D eigenvalue weighted by Gasteiger charge is -2.29. The Hall–Kier alpha value is -3.71. The van der Waals surface area contributed by atoms with E-state index in [1.54, 1.807) is 12.3 Å². The van der Waals surface area contributed by atoms with Gasteiger partial charge in [-0.3, -0.25) is 9.36 Å². The largest absolute Gasteiger partial charge is 0.383 e. The molecule has 7 nitrogen and oxygen atoms in total. The highest BCUT2D eigenvalue weighted by atomic mass is 16.7. The molecule has 5 rings (SSSR count). The molecular weight excluding hydrogens is 392 g/mol. The zero-order valence-corrected chi connectivity index (χ0v) is 17.3. The van der Waals surface area contributed by atoms with E-state index in [9.17, 15) is 9.59 Å². The van der Waals surface area contributed by atoms with E-state index in [0.717, 1.165) is 21.5 Å². The predicted octanol–water partition coefficient (Wildman–Crippen LogP) is 3.89. The number of fused-ring (bicyclic) bond motifs is 2. The average Bonchev–Trinajstić information content (AvgIpc) is 3.06. The summed E-state index contributed by atoms with van der Waals surface area (Å²) in [5.74, 6) is -0.0920. The molecular formula is C24H22N4O3. The van der Waals surface area contributed by atoms with Crippen LogP contribution in [0.25, 0.3) is 21.5 Å². The molecule has 2 N–H and O–H groups in total. The summed E-state index contributed by atoms with van der Waals surface area (Å²) in [5, 5.41) is 5.09. The number of hydrogen-bond acceptors (Lipinski definition) is 5. The van der Waals surface area contributed by atoms with Crippen LogP contribution in [0, 0.1) is 0 Å². The lowest BCUT2D eigenvalue weighted by atomic mass is 9.94. The fraction of sp³-hybridized carbons (Fsp3) is 0.208. The van der Waals surface area contributed by atoms with E-state index in [2.05, 4.69) is 11.1 Å². The van der Waals surface area contributed by atoms with E-state index in [4.69, 9.17) is 10.6 Å². The molecule has 31 heavy (non-hydrogen) atoms. The molecule has 0 saturated carbocycles. The van der Waals surface area contributed by atoms with Gasteiger partial charge < -0.3 is 5.73 Å². The molecule has 0 bridgehead atoms. The van der Waals surface area contributed by atoms with E-state index in [-0.39, 0.29) is 11.7 Å². The van der Waals surface area contributed by atoms with E-state index in [0.29, 0.717) is 12.0 Å². The van der Waals surface area contributed by atoms with Crippen LogP contribution in [0.1, 0.15) is 36.9 Å². The number of anilines is 1. The molecule has 1 amide bonds. The zero-order chi connectivity index (χ0) is 21.8. The van der Waals surface area contributed by atoms with Gasteiger partial charge >= 0.3 is 5.69 Å². The van der Waals surface area contributed by atoms with Gasteiger partial charge in [-0.15, -0.1) is 0 Å². The van der Waals surface area contributed by atoms with Crippen LogP contribution in [0.4, 0.5) is 5.82 Å². The molecule has 2 heterocycles. The molecule has 1 fully saturated rings. The van der Waals surface area contributed by atoms with Gasteiger partial charge in [0.15, 0.2) is 6.23 Å². The van der Waals surface area contributed by atoms with Crippen molar-refractivity contribution in [3.05, 3.63) is 82.9 Å². The fourth-order valence-corrected chi connectivity index (χ4v) is 4.27. The lowest BCUT2D eigenvalue weighted by molar-refractivity contribution is -0.163. The Bertz CT molecular complexity index is 1340. The van der Waals surface area contributed by atoms with Crippen LogP contribution < -0.4 is 11.4 Å². The summed E-state index contributed by atoms with van der Waals surface area (Å²) < 4.78 is 1.37. The minimum atomic E-state index is -0.652. The first-order chi connectivity index (χ1) is 14.8. The molecule has 0 radical (unpaired) electrons. The van der Waals surface area contributed by atoms with Crippen LogP contribution in [0.3, 0.4) is 0 Å². The third kappa shape index (κ3) is 3.14. The topological polar surface area (TPSA) is 90.4 Å². The SMILES string of the molecule is CC1(C)CC(n2ccc(N)nc2=O)ON1C(=O)c1c2ccccc2cc2ccccc12. The molecule has 1 aromatic heterocycles. The summed E-state index contributed by atoms with van der Waals surface area (Å²) >= 11 is 0. The molecule has 7 heteroatoms. The number of hydroxylamine groups is 2. The summed E-state index contributed by atoms with van der Waals surface area (Å²) in [4.78, 5) is 36.0. The highest BCUT2D eigenvalue weighted by Gasteiger charge is 2.45. The predicted molar refractivity (Wildman–Crippen MR) is 119 cm³/mol. The maximum Gasteiger partial charge on any atom is 0.351 e. The van der Waals surface area contributed by atoms with Gasteiger partial charge in [0.05, 0.1) is 11.1 Å². The summed E-state index contributed by atoms with van der Waals surface area (Å²) in [6.45, 7) is 3.85. The molecule has 1 aliphatic rings. The van der Waals surface area contributed by atoms with E-state index in [1.165, 1.54) is 9.63 Å².